The van der Waals surface area contributed by atoms with Gasteiger partial charge < -0.3 is 10.2 Å². The van der Waals surface area contributed by atoms with Crippen LogP contribution in [0.1, 0.15) is 85.0 Å². The molecule has 0 amide bonds. The zero-order chi connectivity index (χ0) is 17.6. The molecule has 0 spiro atoms. The summed E-state index contributed by atoms with van der Waals surface area (Å²) >= 11 is 0. The van der Waals surface area contributed by atoms with Gasteiger partial charge in [-0.15, -0.1) is 0 Å². The van der Waals surface area contributed by atoms with Crippen molar-refractivity contribution in [2.24, 2.45) is 0 Å². The van der Waals surface area contributed by atoms with Crippen molar-refractivity contribution >= 4 is 5.97 Å². The van der Waals surface area contributed by atoms with Gasteiger partial charge in [-0.3, -0.25) is 9.28 Å². The van der Waals surface area contributed by atoms with E-state index in [2.05, 4.69) is 20.8 Å². The zero-order valence-corrected chi connectivity index (χ0v) is 15.5. The molecule has 23 heavy (non-hydrogen) atoms. The molecule has 0 aliphatic rings. The van der Waals surface area contributed by atoms with Gasteiger partial charge in [0.05, 0.1) is 26.1 Å². The third-order valence-corrected chi connectivity index (χ3v) is 4.39. The van der Waals surface area contributed by atoms with Crippen molar-refractivity contribution in [1.29, 1.82) is 0 Å². The predicted octanol–water partition coefficient (Wildman–Crippen LogP) is 5.25. The predicted molar refractivity (Wildman–Crippen MR) is 96.4 cm³/mol. The van der Waals surface area contributed by atoms with Crippen molar-refractivity contribution in [1.82, 2.24) is 0 Å². The van der Waals surface area contributed by atoms with Gasteiger partial charge in [-0.05, 0) is 19.3 Å². The second-order valence-electron chi connectivity index (χ2n) is 6.67. The van der Waals surface area contributed by atoms with E-state index >= 15 is 0 Å². The first-order valence-electron chi connectivity index (χ1n) is 9.48. The Morgan fingerprint density at radius 3 is 1.83 bits per heavy atom. The van der Waals surface area contributed by atoms with Crippen molar-refractivity contribution in [2.75, 3.05) is 19.6 Å². The molecule has 0 aromatic carbocycles. The lowest BCUT2D eigenvalue weighted by molar-refractivity contribution is -0.880. The number of quaternary nitrogens is 1. The number of aliphatic carboxylic acids is 1. The average Bonchev–Trinajstić information content (AvgIpc) is 2.53. The molecule has 0 bridgehead atoms. The number of carboxylic acids is 1. The second-order valence-corrected chi connectivity index (χ2v) is 6.67. The van der Waals surface area contributed by atoms with Crippen molar-refractivity contribution < 1.29 is 19.5 Å². The van der Waals surface area contributed by atoms with Gasteiger partial charge in [0.15, 0.2) is 0 Å². The Bertz CT molecular complexity index is 332. The van der Waals surface area contributed by atoms with Gasteiger partial charge in [0.2, 0.25) is 0 Å². The first-order chi connectivity index (χ1) is 11.0. The number of nitrogens with zero attached hydrogens (tertiary/aromatic N) is 1. The molecule has 4 nitrogen and oxygen atoms in total. The molecule has 0 fully saturated rings. The van der Waals surface area contributed by atoms with Gasteiger partial charge in [-0.25, -0.2) is 0 Å². The maximum absolute atomic E-state index is 11.0. The summed E-state index contributed by atoms with van der Waals surface area (Å²) in [6.07, 6.45) is 11.7. The number of aliphatic hydroxyl groups excluding tert-OH is 1. The first-order valence-corrected chi connectivity index (χ1v) is 9.48. The Labute approximate surface area is 142 Å². The van der Waals surface area contributed by atoms with E-state index in [9.17, 15) is 9.90 Å². The average molecular weight is 329 g/mol. The Kier molecular flexibility index (Phi) is 12.8. The van der Waals surface area contributed by atoms with E-state index in [4.69, 9.17) is 5.11 Å². The summed E-state index contributed by atoms with van der Waals surface area (Å²) in [7, 11) is 0. The first kappa shape index (κ1) is 22.0. The van der Waals surface area contributed by atoms with Crippen LogP contribution in [0.5, 0.6) is 0 Å². The summed E-state index contributed by atoms with van der Waals surface area (Å²) in [4.78, 5) is 11.0. The summed E-state index contributed by atoms with van der Waals surface area (Å²) in [6.45, 7) is 8.90. The highest BCUT2D eigenvalue weighted by atomic mass is 16.4. The van der Waals surface area contributed by atoms with Crippen molar-refractivity contribution in [2.45, 2.75) is 85.0 Å². The fourth-order valence-corrected chi connectivity index (χ4v) is 2.91. The monoisotopic (exact) mass is 328 g/mol. The van der Waals surface area contributed by atoms with Crippen LogP contribution in [0.15, 0.2) is 12.0 Å². The third kappa shape index (κ3) is 11.2. The van der Waals surface area contributed by atoms with E-state index in [1.807, 2.05) is 6.20 Å². The SMILES string of the molecule is CCCCCC/C(O)=C/[N+](CCCC)(CCCC)CCC(=O)O. The molecule has 0 atom stereocenters. The van der Waals surface area contributed by atoms with Crippen LogP contribution in [0.3, 0.4) is 0 Å². The van der Waals surface area contributed by atoms with Gasteiger partial charge in [-0.2, -0.15) is 0 Å². The molecule has 0 unspecified atom stereocenters. The highest BCUT2D eigenvalue weighted by Crippen LogP contribution is 2.19. The Morgan fingerprint density at radius 1 is 0.783 bits per heavy atom. The smallest absolute Gasteiger partial charge is 0.309 e. The minimum Gasteiger partial charge on any atom is -0.507 e. The fourth-order valence-electron chi connectivity index (χ4n) is 2.91. The highest BCUT2D eigenvalue weighted by molar-refractivity contribution is 5.66. The van der Waals surface area contributed by atoms with Crippen LogP contribution in [0, 0.1) is 0 Å². The molecule has 0 saturated heterocycles. The number of allylic oxidation sites excluding steroid dienone is 1. The number of hydrogen-bond acceptors (Lipinski definition) is 2. The minimum atomic E-state index is -0.753. The third-order valence-electron chi connectivity index (χ3n) is 4.39. The number of rotatable bonds is 15. The number of carboxylic acid groups (broad SMARTS) is 1. The number of hydrogen-bond donors (Lipinski definition) is 2. The molecule has 0 saturated carbocycles. The Hall–Kier alpha value is -1.03. The van der Waals surface area contributed by atoms with Crippen molar-refractivity contribution in [3.8, 4) is 0 Å². The number of aliphatic hydroxyl groups is 1. The summed E-state index contributed by atoms with van der Waals surface area (Å²) < 4.78 is 0.619. The molecule has 0 aliphatic carbocycles. The van der Waals surface area contributed by atoms with E-state index in [0.29, 0.717) is 23.2 Å². The molecule has 0 heterocycles. The highest BCUT2D eigenvalue weighted by Gasteiger charge is 2.26. The standard InChI is InChI=1S/C19H37NO3/c1-4-7-10-11-12-18(21)17-20(14-8-5-2,15-9-6-3)16-13-19(22)23/h17H,4-16H2,1-3H3,(H-,21,22,23)/p+1/b18-17-. The summed E-state index contributed by atoms with van der Waals surface area (Å²) in [5.41, 5.74) is 0. The Morgan fingerprint density at radius 2 is 1.35 bits per heavy atom. The summed E-state index contributed by atoms with van der Waals surface area (Å²) in [5.74, 6) is -0.310. The molecule has 0 aromatic heterocycles. The van der Waals surface area contributed by atoms with Crippen LogP contribution in [-0.4, -0.2) is 40.3 Å². The van der Waals surface area contributed by atoms with E-state index < -0.39 is 5.97 Å². The Balaban J connectivity index is 4.95. The maximum Gasteiger partial charge on any atom is 0.309 e. The molecule has 0 rings (SSSR count). The van der Waals surface area contributed by atoms with Crippen LogP contribution in [0.4, 0.5) is 0 Å². The molecule has 0 aliphatic heterocycles. The molecule has 0 radical (unpaired) electrons. The fraction of sp³-hybridized carbons (Fsp3) is 0.842. The molecule has 4 heteroatoms. The van der Waals surface area contributed by atoms with E-state index in [0.717, 1.165) is 51.6 Å². The molecule has 2 N–H and O–H groups in total. The van der Waals surface area contributed by atoms with Gasteiger partial charge in [-0.1, -0.05) is 52.9 Å². The van der Waals surface area contributed by atoms with Gasteiger partial charge >= 0.3 is 5.97 Å². The molecule has 0 aromatic rings. The maximum atomic E-state index is 11.0. The van der Waals surface area contributed by atoms with Gasteiger partial charge in [0, 0.05) is 6.42 Å². The normalized spacial score (nSPS) is 12.6. The molecular weight excluding hydrogens is 290 g/mol. The van der Waals surface area contributed by atoms with E-state index in [1.165, 1.54) is 12.8 Å². The number of carbonyl (C=O) groups is 1. The van der Waals surface area contributed by atoms with Crippen LogP contribution in [0.2, 0.25) is 0 Å². The van der Waals surface area contributed by atoms with E-state index in [1.54, 1.807) is 0 Å². The van der Waals surface area contributed by atoms with Crippen LogP contribution < -0.4 is 0 Å². The topological polar surface area (TPSA) is 57.5 Å². The van der Waals surface area contributed by atoms with Crippen LogP contribution in [0.25, 0.3) is 0 Å². The van der Waals surface area contributed by atoms with Gasteiger partial charge in [0.1, 0.15) is 12.0 Å². The van der Waals surface area contributed by atoms with Gasteiger partial charge in [0.25, 0.3) is 0 Å². The lowest BCUT2D eigenvalue weighted by atomic mass is 10.1. The number of unbranched alkanes of at least 4 members (excludes halogenated alkanes) is 5. The van der Waals surface area contributed by atoms with Crippen molar-refractivity contribution in [3.63, 3.8) is 0 Å². The minimum absolute atomic E-state index is 0.160. The summed E-state index contributed by atoms with van der Waals surface area (Å²) in [6, 6.07) is 0. The zero-order valence-electron chi connectivity index (χ0n) is 15.5. The summed E-state index contributed by atoms with van der Waals surface area (Å²) in [5, 5.41) is 19.4. The lowest BCUT2D eigenvalue weighted by Crippen LogP contribution is -2.46. The quantitative estimate of drug-likeness (QED) is 0.245. The van der Waals surface area contributed by atoms with Crippen LogP contribution in [-0.2, 0) is 4.79 Å². The lowest BCUT2D eigenvalue weighted by Gasteiger charge is -2.35. The van der Waals surface area contributed by atoms with Crippen molar-refractivity contribution in [3.05, 3.63) is 12.0 Å². The molecule has 136 valence electrons. The molecular formula is C19H38NO3+. The second kappa shape index (κ2) is 13.4. The largest absolute Gasteiger partial charge is 0.507 e. The van der Waals surface area contributed by atoms with Crippen LogP contribution >= 0.6 is 0 Å². The van der Waals surface area contributed by atoms with E-state index in [-0.39, 0.29) is 6.42 Å².